The van der Waals surface area contributed by atoms with Gasteiger partial charge in [0.05, 0.1) is 11.1 Å². The predicted octanol–water partition coefficient (Wildman–Crippen LogP) is 1.20. The Hall–Kier alpha value is -2.14. The Balaban J connectivity index is 1.99. The Labute approximate surface area is 110 Å². The van der Waals surface area contributed by atoms with E-state index in [4.69, 9.17) is 16.2 Å². The van der Waals surface area contributed by atoms with Gasteiger partial charge in [-0.15, -0.1) is 0 Å². The van der Waals surface area contributed by atoms with Crippen molar-refractivity contribution in [3.63, 3.8) is 0 Å². The van der Waals surface area contributed by atoms with E-state index >= 15 is 0 Å². The lowest BCUT2D eigenvalue weighted by Gasteiger charge is -2.32. The molecule has 1 aliphatic carbocycles. The van der Waals surface area contributed by atoms with Crippen molar-refractivity contribution in [2.24, 2.45) is 11.5 Å². The molecule has 2 aromatic rings. The molecule has 5 nitrogen and oxygen atoms in total. The molecular formula is C14H15N3O2. The van der Waals surface area contributed by atoms with E-state index in [-0.39, 0.29) is 12.1 Å². The smallest absolute Gasteiger partial charge is 0.249 e. The van der Waals surface area contributed by atoms with Crippen LogP contribution in [0.1, 0.15) is 23.2 Å². The molecular weight excluding hydrogens is 242 g/mol. The van der Waals surface area contributed by atoms with Crippen LogP contribution < -0.4 is 16.2 Å². The van der Waals surface area contributed by atoms with Gasteiger partial charge in [-0.25, -0.2) is 4.98 Å². The molecule has 5 heteroatoms. The number of benzene rings is 1. The molecule has 1 saturated carbocycles. The molecule has 0 radical (unpaired) electrons. The largest absolute Gasteiger partial charge is 0.474 e. The van der Waals surface area contributed by atoms with Gasteiger partial charge in [-0.2, -0.15) is 0 Å². The maximum atomic E-state index is 11.5. The minimum absolute atomic E-state index is 0.0874. The second-order valence-corrected chi connectivity index (χ2v) is 4.86. The molecule has 1 amide bonds. The Morgan fingerprint density at radius 1 is 1.32 bits per heavy atom. The SMILES string of the molecule is NC(=O)c1cc(OC2CC(N)C2)nc2ccccc12. The summed E-state index contributed by atoms with van der Waals surface area (Å²) in [6, 6.07) is 9.19. The van der Waals surface area contributed by atoms with Crippen molar-refractivity contribution in [2.75, 3.05) is 0 Å². The third-order valence-corrected chi connectivity index (χ3v) is 3.38. The van der Waals surface area contributed by atoms with Crippen LogP contribution in [0, 0.1) is 0 Å². The van der Waals surface area contributed by atoms with Crippen molar-refractivity contribution in [3.05, 3.63) is 35.9 Å². The molecule has 3 rings (SSSR count). The lowest BCUT2D eigenvalue weighted by atomic mass is 9.90. The van der Waals surface area contributed by atoms with Crippen molar-refractivity contribution >= 4 is 16.8 Å². The van der Waals surface area contributed by atoms with Gasteiger partial charge < -0.3 is 16.2 Å². The van der Waals surface area contributed by atoms with E-state index in [0.717, 1.165) is 18.2 Å². The molecule has 0 saturated heterocycles. The first-order valence-corrected chi connectivity index (χ1v) is 6.25. The summed E-state index contributed by atoms with van der Waals surface area (Å²) in [6.07, 6.45) is 1.73. The highest BCUT2D eigenvalue weighted by Crippen LogP contribution is 2.27. The topological polar surface area (TPSA) is 91.2 Å². The minimum Gasteiger partial charge on any atom is -0.474 e. The third-order valence-electron chi connectivity index (χ3n) is 3.38. The number of carbonyl (C=O) groups excluding carboxylic acids is 1. The number of nitrogens with two attached hydrogens (primary N) is 2. The fraction of sp³-hybridized carbons (Fsp3) is 0.286. The molecule has 0 spiro atoms. The Bertz CT molecular complexity index is 636. The van der Waals surface area contributed by atoms with E-state index in [0.29, 0.717) is 17.0 Å². The summed E-state index contributed by atoms with van der Waals surface area (Å²) in [7, 11) is 0. The van der Waals surface area contributed by atoms with E-state index in [1.165, 1.54) is 0 Å². The summed E-state index contributed by atoms with van der Waals surface area (Å²) in [4.78, 5) is 15.9. The van der Waals surface area contributed by atoms with Gasteiger partial charge in [0, 0.05) is 17.5 Å². The molecule has 98 valence electrons. The maximum absolute atomic E-state index is 11.5. The van der Waals surface area contributed by atoms with Crippen LogP contribution in [-0.4, -0.2) is 23.0 Å². The zero-order valence-corrected chi connectivity index (χ0v) is 10.4. The van der Waals surface area contributed by atoms with Crippen molar-refractivity contribution in [1.82, 2.24) is 4.98 Å². The average molecular weight is 257 g/mol. The fourth-order valence-corrected chi connectivity index (χ4v) is 2.29. The Kier molecular flexibility index (Phi) is 2.83. The molecule has 0 aliphatic heterocycles. The second kappa shape index (κ2) is 4.51. The van der Waals surface area contributed by atoms with Crippen LogP contribution in [0.15, 0.2) is 30.3 Å². The van der Waals surface area contributed by atoms with E-state index in [2.05, 4.69) is 4.98 Å². The van der Waals surface area contributed by atoms with Crippen LogP contribution in [0.3, 0.4) is 0 Å². The average Bonchev–Trinajstić information content (AvgIpc) is 2.36. The highest BCUT2D eigenvalue weighted by molar-refractivity contribution is 6.05. The lowest BCUT2D eigenvalue weighted by Crippen LogP contribution is -2.43. The number of carbonyl (C=O) groups is 1. The van der Waals surface area contributed by atoms with Crippen molar-refractivity contribution in [3.8, 4) is 5.88 Å². The van der Waals surface area contributed by atoms with Gasteiger partial charge in [-0.1, -0.05) is 18.2 Å². The van der Waals surface area contributed by atoms with Gasteiger partial charge in [0.15, 0.2) is 0 Å². The number of para-hydroxylation sites is 1. The molecule has 0 atom stereocenters. The summed E-state index contributed by atoms with van der Waals surface area (Å²) in [5.41, 5.74) is 12.3. The zero-order valence-electron chi connectivity index (χ0n) is 10.4. The minimum atomic E-state index is -0.478. The standard InChI is InChI=1S/C14H15N3O2/c15-8-5-9(6-8)19-13-7-11(14(16)18)10-3-1-2-4-12(10)17-13/h1-4,7-9H,5-6,15H2,(H2,16,18). The number of aromatic nitrogens is 1. The molecule has 1 aliphatic rings. The van der Waals surface area contributed by atoms with E-state index in [1.54, 1.807) is 6.07 Å². The van der Waals surface area contributed by atoms with Gasteiger partial charge in [-0.05, 0) is 18.9 Å². The van der Waals surface area contributed by atoms with Gasteiger partial charge >= 0.3 is 0 Å². The molecule has 0 unspecified atom stereocenters. The second-order valence-electron chi connectivity index (χ2n) is 4.86. The number of ether oxygens (including phenoxy) is 1. The maximum Gasteiger partial charge on any atom is 0.249 e. The fourth-order valence-electron chi connectivity index (χ4n) is 2.29. The number of fused-ring (bicyclic) bond motifs is 1. The van der Waals surface area contributed by atoms with Crippen LogP contribution >= 0.6 is 0 Å². The molecule has 4 N–H and O–H groups in total. The Morgan fingerprint density at radius 2 is 2.05 bits per heavy atom. The number of primary amides is 1. The first-order valence-electron chi connectivity index (χ1n) is 6.25. The lowest BCUT2D eigenvalue weighted by molar-refractivity contribution is 0.0947. The van der Waals surface area contributed by atoms with Crippen LogP contribution in [0.2, 0.25) is 0 Å². The van der Waals surface area contributed by atoms with E-state index in [1.807, 2.05) is 24.3 Å². The monoisotopic (exact) mass is 257 g/mol. The van der Waals surface area contributed by atoms with Crippen LogP contribution in [0.4, 0.5) is 0 Å². The van der Waals surface area contributed by atoms with Gasteiger partial charge in [0.1, 0.15) is 6.10 Å². The molecule has 1 aromatic carbocycles. The van der Waals surface area contributed by atoms with Gasteiger partial charge in [-0.3, -0.25) is 4.79 Å². The van der Waals surface area contributed by atoms with Crippen LogP contribution in [0.25, 0.3) is 10.9 Å². The highest BCUT2D eigenvalue weighted by Gasteiger charge is 2.28. The molecule has 19 heavy (non-hydrogen) atoms. The number of rotatable bonds is 3. The summed E-state index contributed by atoms with van der Waals surface area (Å²) in [5, 5.41) is 0.743. The number of nitrogens with zero attached hydrogens (tertiary/aromatic N) is 1. The van der Waals surface area contributed by atoms with Crippen molar-refractivity contribution in [2.45, 2.75) is 25.0 Å². The quantitative estimate of drug-likeness (QED) is 0.864. The van der Waals surface area contributed by atoms with Crippen LogP contribution in [0.5, 0.6) is 5.88 Å². The van der Waals surface area contributed by atoms with Gasteiger partial charge in [0.25, 0.3) is 0 Å². The number of pyridine rings is 1. The summed E-state index contributed by atoms with van der Waals surface area (Å²) < 4.78 is 5.72. The zero-order chi connectivity index (χ0) is 13.4. The number of amides is 1. The molecule has 1 aromatic heterocycles. The molecule has 1 fully saturated rings. The van der Waals surface area contributed by atoms with E-state index in [9.17, 15) is 4.79 Å². The molecule has 1 heterocycles. The number of hydrogen-bond donors (Lipinski definition) is 2. The van der Waals surface area contributed by atoms with Crippen molar-refractivity contribution < 1.29 is 9.53 Å². The van der Waals surface area contributed by atoms with Crippen molar-refractivity contribution in [1.29, 1.82) is 0 Å². The Morgan fingerprint density at radius 3 is 2.74 bits per heavy atom. The third kappa shape index (κ3) is 2.24. The molecule has 0 bridgehead atoms. The predicted molar refractivity (Wildman–Crippen MR) is 71.9 cm³/mol. The first-order chi connectivity index (χ1) is 9.13. The summed E-state index contributed by atoms with van der Waals surface area (Å²) >= 11 is 0. The van der Waals surface area contributed by atoms with Gasteiger partial charge in [0.2, 0.25) is 11.8 Å². The van der Waals surface area contributed by atoms with E-state index < -0.39 is 5.91 Å². The number of hydrogen-bond acceptors (Lipinski definition) is 4. The highest BCUT2D eigenvalue weighted by atomic mass is 16.5. The normalized spacial score (nSPS) is 21.9. The van der Waals surface area contributed by atoms with Crippen LogP contribution in [-0.2, 0) is 0 Å². The summed E-state index contributed by atoms with van der Waals surface area (Å²) in [6.45, 7) is 0. The summed E-state index contributed by atoms with van der Waals surface area (Å²) in [5.74, 6) is -0.0434. The first kappa shape index (κ1) is 11.9.